The summed E-state index contributed by atoms with van der Waals surface area (Å²) >= 11 is 0. The summed E-state index contributed by atoms with van der Waals surface area (Å²) in [5.41, 5.74) is 14.7. The molecule has 0 spiro atoms. The Morgan fingerprint density at radius 1 is 1.23 bits per heavy atom. The minimum atomic E-state index is 0.928. The van der Waals surface area contributed by atoms with Crippen LogP contribution in [-0.4, -0.2) is 15.2 Å². The zero-order valence-corrected chi connectivity index (χ0v) is 13.0. The number of fused-ring (bicyclic) bond motifs is 5. The highest BCUT2D eigenvalue weighted by atomic mass is 15.1. The average Bonchev–Trinajstić information content (AvgIpc) is 3.06. The number of nitrogen functional groups attached to an aromatic ring is 1. The zero-order chi connectivity index (χ0) is 15.1. The lowest BCUT2D eigenvalue weighted by atomic mass is 10.0. The molecule has 3 aromatic rings. The van der Waals surface area contributed by atoms with Crippen LogP contribution >= 0.6 is 0 Å². The molecule has 4 rings (SSSR count). The van der Waals surface area contributed by atoms with Gasteiger partial charge in [-0.05, 0) is 60.9 Å². The van der Waals surface area contributed by atoms with Gasteiger partial charge in [0.2, 0.25) is 0 Å². The van der Waals surface area contributed by atoms with Crippen LogP contribution in [0.4, 0.5) is 5.69 Å². The van der Waals surface area contributed by atoms with Crippen LogP contribution in [0.3, 0.4) is 0 Å². The molecule has 0 atom stereocenters. The van der Waals surface area contributed by atoms with Crippen LogP contribution in [0, 0.1) is 0 Å². The molecule has 1 aliphatic carbocycles. The highest BCUT2D eigenvalue weighted by Gasteiger charge is 2.21. The maximum atomic E-state index is 6.30. The molecule has 0 fully saturated rings. The lowest BCUT2D eigenvalue weighted by Gasteiger charge is -2.06. The van der Waals surface area contributed by atoms with Crippen molar-refractivity contribution in [1.82, 2.24) is 15.2 Å². The number of hydrogen-bond donors (Lipinski definition) is 3. The number of aromatic nitrogens is 3. The largest absolute Gasteiger partial charge is 0.398 e. The third kappa shape index (κ3) is 2.02. The van der Waals surface area contributed by atoms with Crippen molar-refractivity contribution >= 4 is 16.6 Å². The Morgan fingerprint density at radius 2 is 2.14 bits per heavy atom. The highest BCUT2D eigenvalue weighted by Crippen LogP contribution is 2.37. The Balaban J connectivity index is 1.89. The van der Waals surface area contributed by atoms with Crippen LogP contribution in [0.25, 0.3) is 22.3 Å². The minimum absolute atomic E-state index is 0.928. The van der Waals surface area contributed by atoms with Gasteiger partial charge in [0, 0.05) is 16.6 Å². The van der Waals surface area contributed by atoms with E-state index in [-0.39, 0.29) is 0 Å². The summed E-state index contributed by atoms with van der Waals surface area (Å²) in [6.45, 7) is 2.21. The fraction of sp³-hybridized carbons (Fsp3) is 0.389. The Morgan fingerprint density at radius 3 is 3.00 bits per heavy atom. The van der Waals surface area contributed by atoms with Gasteiger partial charge in [-0.15, -0.1) is 0 Å². The zero-order valence-electron chi connectivity index (χ0n) is 13.0. The first-order chi connectivity index (χ1) is 10.8. The van der Waals surface area contributed by atoms with E-state index in [4.69, 9.17) is 5.73 Å². The average molecular weight is 294 g/mol. The van der Waals surface area contributed by atoms with Crippen molar-refractivity contribution in [2.45, 2.75) is 45.4 Å². The number of unbranched alkanes of at least 4 members (excludes halogenated alkanes) is 1. The molecule has 0 aliphatic heterocycles. The Bertz CT molecular complexity index is 825. The van der Waals surface area contributed by atoms with Crippen molar-refractivity contribution in [3.8, 4) is 11.4 Å². The number of hydrogen-bond acceptors (Lipinski definition) is 2. The number of aryl methyl sites for hydroxylation is 3. The first kappa shape index (κ1) is 13.4. The number of rotatable bonds is 3. The van der Waals surface area contributed by atoms with Gasteiger partial charge in [-0.2, -0.15) is 5.10 Å². The van der Waals surface area contributed by atoms with Gasteiger partial charge in [0.25, 0.3) is 0 Å². The van der Waals surface area contributed by atoms with Crippen LogP contribution < -0.4 is 5.73 Å². The Labute approximate surface area is 130 Å². The summed E-state index contributed by atoms with van der Waals surface area (Å²) < 4.78 is 0. The fourth-order valence-corrected chi connectivity index (χ4v) is 3.59. The van der Waals surface area contributed by atoms with Crippen LogP contribution in [0.1, 0.15) is 42.9 Å². The molecule has 1 aliphatic rings. The molecule has 4 nitrogen and oxygen atoms in total. The van der Waals surface area contributed by atoms with Gasteiger partial charge in [-0.25, -0.2) is 0 Å². The van der Waals surface area contributed by atoms with Crippen molar-refractivity contribution in [2.24, 2.45) is 0 Å². The van der Waals surface area contributed by atoms with Crippen molar-refractivity contribution < 1.29 is 0 Å². The second-order valence-electron chi connectivity index (χ2n) is 6.30. The van der Waals surface area contributed by atoms with Crippen LogP contribution in [-0.2, 0) is 19.3 Å². The van der Waals surface area contributed by atoms with E-state index in [1.165, 1.54) is 46.1 Å². The number of nitrogens with two attached hydrogens (primary N) is 1. The van der Waals surface area contributed by atoms with E-state index in [2.05, 4.69) is 34.2 Å². The summed E-state index contributed by atoms with van der Waals surface area (Å²) in [5, 5.41) is 8.66. The molecule has 0 unspecified atom stereocenters. The van der Waals surface area contributed by atoms with Gasteiger partial charge in [0.05, 0.1) is 17.6 Å². The summed E-state index contributed by atoms with van der Waals surface area (Å²) in [4.78, 5) is 3.62. The molecule has 22 heavy (non-hydrogen) atoms. The van der Waals surface area contributed by atoms with Crippen molar-refractivity contribution in [3.63, 3.8) is 0 Å². The molecule has 4 heteroatoms. The van der Waals surface area contributed by atoms with Gasteiger partial charge in [-0.3, -0.25) is 5.10 Å². The van der Waals surface area contributed by atoms with Crippen LogP contribution in [0.5, 0.6) is 0 Å². The van der Waals surface area contributed by atoms with E-state index in [1.807, 2.05) is 6.20 Å². The van der Waals surface area contributed by atoms with Crippen molar-refractivity contribution in [1.29, 1.82) is 0 Å². The standard InChI is InChI=1S/C18H22N4/c1-2-3-5-11-8-16-14(9-15(11)19)13-7-4-6-12-10-20-22-17(12)18(13)21-16/h8-10,21H,2-7,19H2,1H3,(H,20,22). The molecular formula is C18H22N4. The summed E-state index contributed by atoms with van der Waals surface area (Å²) in [7, 11) is 0. The fourth-order valence-electron chi connectivity index (χ4n) is 3.59. The molecule has 114 valence electrons. The van der Waals surface area contributed by atoms with E-state index < -0.39 is 0 Å². The number of H-pyrrole nitrogens is 2. The number of benzene rings is 1. The molecule has 0 amide bonds. The normalized spacial score (nSPS) is 13.9. The first-order valence-electron chi connectivity index (χ1n) is 8.23. The van der Waals surface area contributed by atoms with Crippen LogP contribution in [0.15, 0.2) is 18.3 Å². The Kier molecular flexibility index (Phi) is 3.17. The third-order valence-electron chi connectivity index (χ3n) is 4.81. The Hall–Kier alpha value is -2.23. The van der Waals surface area contributed by atoms with E-state index in [0.29, 0.717) is 0 Å². The molecule has 4 N–H and O–H groups in total. The van der Waals surface area contributed by atoms with Gasteiger partial charge in [-0.1, -0.05) is 13.3 Å². The maximum Gasteiger partial charge on any atom is 0.0847 e. The second kappa shape index (κ2) is 5.20. The van der Waals surface area contributed by atoms with Gasteiger partial charge >= 0.3 is 0 Å². The van der Waals surface area contributed by atoms with Crippen molar-refractivity contribution in [2.75, 3.05) is 5.73 Å². The molecule has 2 heterocycles. The van der Waals surface area contributed by atoms with Crippen molar-refractivity contribution in [3.05, 3.63) is 35.0 Å². The van der Waals surface area contributed by atoms with Gasteiger partial charge in [0.1, 0.15) is 0 Å². The minimum Gasteiger partial charge on any atom is -0.398 e. The van der Waals surface area contributed by atoms with Gasteiger partial charge < -0.3 is 10.7 Å². The maximum absolute atomic E-state index is 6.30. The first-order valence-corrected chi connectivity index (χ1v) is 8.23. The predicted octanol–water partition coefficient (Wildman–Crippen LogP) is 3.97. The summed E-state index contributed by atoms with van der Waals surface area (Å²) in [6.07, 6.45) is 8.71. The quantitative estimate of drug-likeness (QED) is 0.640. The molecule has 0 bridgehead atoms. The number of aromatic amines is 2. The van der Waals surface area contributed by atoms with E-state index in [1.54, 1.807) is 0 Å². The monoisotopic (exact) mass is 294 g/mol. The SMILES string of the molecule is CCCCc1cc2[nH]c3c(c2cc1N)CCCc1cn[nH]c1-3. The topological polar surface area (TPSA) is 70.5 Å². The number of nitrogens with zero attached hydrogens (tertiary/aromatic N) is 1. The molecule has 0 saturated carbocycles. The molecular weight excluding hydrogens is 272 g/mol. The van der Waals surface area contributed by atoms with Crippen LogP contribution in [0.2, 0.25) is 0 Å². The summed E-state index contributed by atoms with van der Waals surface area (Å²) in [5.74, 6) is 0. The number of nitrogens with one attached hydrogen (secondary N) is 2. The molecule has 0 radical (unpaired) electrons. The lowest BCUT2D eigenvalue weighted by Crippen LogP contribution is -1.95. The highest BCUT2D eigenvalue weighted by molar-refractivity contribution is 5.93. The van der Waals surface area contributed by atoms with E-state index >= 15 is 0 Å². The smallest absolute Gasteiger partial charge is 0.0847 e. The second-order valence-corrected chi connectivity index (χ2v) is 6.30. The summed E-state index contributed by atoms with van der Waals surface area (Å²) in [6, 6.07) is 4.40. The lowest BCUT2D eigenvalue weighted by molar-refractivity contribution is 0.797. The molecule has 2 aromatic heterocycles. The third-order valence-corrected chi connectivity index (χ3v) is 4.81. The molecule has 0 saturated heterocycles. The number of anilines is 1. The van der Waals surface area contributed by atoms with E-state index in [0.717, 1.165) is 37.1 Å². The van der Waals surface area contributed by atoms with E-state index in [9.17, 15) is 0 Å². The molecule has 1 aromatic carbocycles. The van der Waals surface area contributed by atoms with Gasteiger partial charge in [0.15, 0.2) is 0 Å². The predicted molar refractivity (Wildman–Crippen MR) is 90.9 cm³/mol.